The Morgan fingerprint density at radius 1 is 1.31 bits per heavy atom. The van der Waals surface area contributed by atoms with E-state index in [1.165, 1.54) is 7.11 Å². The van der Waals surface area contributed by atoms with E-state index in [0.717, 1.165) is 12.8 Å². The number of ether oxygens (including phenoxy) is 2. The standard InChI is InChI=1S/C11H20O5/c1-3-4-7-16-11(14)8-9(12)5-6-10(13)15-2/h9,12H,3-8H2,1-2H3/t9-/m0/s1. The van der Waals surface area contributed by atoms with E-state index >= 15 is 0 Å². The van der Waals surface area contributed by atoms with Crippen LogP contribution in [-0.2, 0) is 19.1 Å². The summed E-state index contributed by atoms with van der Waals surface area (Å²) in [5.74, 6) is -0.816. The zero-order valence-corrected chi connectivity index (χ0v) is 9.90. The predicted octanol–water partition coefficient (Wildman–Crippen LogP) is 1.03. The van der Waals surface area contributed by atoms with Gasteiger partial charge in [0.25, 0.3) is 0 Å². The van der Waals surface area contributed by atoms with Gasteiger partial charge in [-0.2, -0.15) is 0 Å². The maximum atomic E-state index is 11.1. The van der Waals surface area contributed by atoms with Crippen LogP contribution in [0.5, 0.6) is 0 Å². The van der Waals surface area contributed by atoms with Gasteiger partial charge >= 0.3 is 11.9 Å². The zero-order chi connectivity index (χ0) is 12.4. The first-order valence-corrected chi connectivity index (χ1v) is 5.50. The Bertz CT molecular complexity index is 214. The first-order chi connectivity index (χ1) is 7.60. The van der Waals surface area contributed by atoms with Gasteiger partial charge in [0.15, 0.2) is 0 Å². The summed E-state index contributed by atoms with van der Waals surface area (Å²) in [4.78, 5) is 21.9. The van der Waals surface area contributed by atoms with Gasteiger partial charge in [-0.1, -0.05) is 13.3 Å². The van der Waals surface area contributed by atoms with Gasteiger partial charge in [0, 0.05) is 6.42 Å². The molecule has 16 heavy (non-hydrogen) atoms. The van der Waals surface area contributed by atoms with Crippen LogP contribution in [0.15, 0.2) is 0 Å². The number of esters is 2. The Morgan fingerprint density at radius 2 is 2.00 bits per heavy atom. The van der Waals surface area contributed by atoms with Crippen molar-refractivity contribution in [2.45, 2.75) is 45.1 Å². The normalized spacial score (nSPS) is 11.9. The molecular formula is C11H20O5. The molecule has 0 heterocycles. The van der Waals surface area contributed by atoms with Crippen LogP contribution in [0.2, 0.25) is 0 Å². The average molecular weight is 232 g/mol. The molecule has 0 aliphatic rings. The number of aliphatic hydroxyl groups excluding tert-OH is 1. The van der Waals surface area contributed by atoms with Gasteiger partial charge in [-0.15, -0.1) is 0 Å². The number of aliphatic hydroxyl groups is 1. The predicted molar refractivity (Wildman–Crippen MR) is 57.7 cm³/mol. The van der Waals surface area contributed by atoms with Crippen molar-refractivity contribution >= 4 is 11.9 Å². The lowest BCUT2D eigenvalue weighted by Gasteiger charge is -2.09. The van der Waals surface area contributed by atoms with Gasteiger partial charge < -0.3 is 14.6 Å². The second kappa shape index (κ2) is 9.15. The third-order valence-electron chi connectivity index (χ3n) is 2.07. The minimum atomic E-state index is -0.840. The molecule has 5 nitrogen and oxygen atoms in total. The van der Waals surface area contributed by atoms with E-state index in [9.17, 15) is 14.7 Å². The second-order valence-corrected chi connectivity index (χ2v) is 3.55. The monoisotopic (exact) mass is 232 g/mol. The Morgan fingerprint density at radius 3 is 2.56 bits per heavy atom. The Hall–Kier alpha value is -1.10. The molecule has 0 aromatic carbocycles. The summed E-state index contributed by atoms with van der Waals surface area (Å²) < 4.78 is 9.29. The van der Waals surface area contributed by atoms with Gasteiger partial charge in [0.1, 0.15) is 0 Å². The number of carbonyl (C=O) groups excluding carboxylic acids is 2. The van der Waals surface area contributed by atoms with Crippen LogP contribution >= 0.6 is 0 Å². The van der Waals surface area contributed by atoms with Crippen LogP contribution < -0.4 is 0 Å². The summed E-state index contributed by atoms with van der Waals surface area (Å²) in [5.41, 5.74) is 0. The average Bonchev–Trinajstić information content (AvgIpc) is 2.26. The van der Waals surface area contributed by atoms with Crippen LogP contribution in [0.4, 0.5) is 0 Å². The summed E-state index contributed by atoms with van der Waals surface area (Å²) in [6, 6.07) is 0. The van der Waals surface area contributed by atoms with E-state index in [2.05, 4.69) is 4.74 Å². The fourth-order valence-corrected chi connectivity index (χ4v) is 1.07. The molecule has 0 saturated heterocycles. The van der Waals surface area contributed by atoms with Crippen molar-refractivity contribution in [3.63, 3.8) is 0 Å². The third kappa shape index (κ3) is 8.23. The first kappa shape index (κ1) is 14.9. The number of carbonyl (C=O) groups is 2. The molecule has 5 heteroatoms. The second-order valence-electron chi connectivity index (χ2n) is 3.55. The van der Waals surface area contributed by atoms with E-state index in [-0.39, 0.29) is 19.3 Å². The molecule has 94 valence electrons. The lowest BCUT2D eigenvalue weighted by atomic mass is 10.1. The first-order valence-electron chi connectivity index (χ1n) is 5.50. The van der Waals surface area contributed by atoms with E-state index in [4.69, 9.17) is 4.74 Å². The van der Waals surface area contributed by atoms with E-state index in [1.54, 1.807) is 0 Å². The molecule has 0 radical (unpaired) electrons. The van der Waals surface area contributed by atoms with E-state index < -0.39 is 18.0 Å². The molecule has 0 aliphatic heterocycles. The van der Waals surface area contributed by atoms with E-state index in [0.29, 0.717) is 6.61 Å². The topological polar surface area (TPSA) is 72.8 Å². The SMILES string of the molecule is CCCCOC(=O)C[C@@H](O)CCC(=O)OC. The van der Waals surface area contributed by atoms with Crippen molar-refractivity contribution in [3.05, 3.63) is 0 Å². The molecule has 0 fully saturated rings. The number of unbranched alkanes of at least 4 members (excludes halogenated alkanes) is 1. The zero-order valence-electron chi connectivity index (χ0n) is 9.90. The maximum Gasteiger partial charge on any atom is 0.308 e. The lowest BCUT2D eigenvalue weighted by molar-refractivity contribution is -0.147. The highest BCUT2D eigenvalue weighted by molar-refractivity contribution is 5.71. The highest BCUT2D eigenvalue weighted by Gasteiger charge is 2.13. The Labute approximate surface area is 95.7 Å². The molecular weight excluding hydrogens is 212 g/mol. The van der Waals surface area contributed by atoms with Crippen LogP contribution in [0.3, 0.4) is 0 Å². The van der Waals surface area contributed by atoms with Crippen LogP contribution in [0.1, 0.15) is 39.0 Å². The molecule has 0 unspecified atom stereocenters. The minimum Gasteiger partial charge on any atom is -0.469 e. The van der Waals surface area contributed by atoms with Crippen LogP contribution in [0.25, 0.3) is 0 Å². The molecule has 0 spiro atoms. The van der Waals surface area contributed by atoms with Crippen molar-refractivity contribution in [1.29, 1.82) is 0 Å². The number of methoxy groups -OCH3 is 1. The number of hydrogen-bond acceptors (Lipinski definition) is 5. The van der Waals surface area contributed by atoms with Crippen LogP contribution in [-0.4, -0.2) is 36.9 Å². The Kier molecular flexibility index (Phi) is 8.52. The third-order valence-corrected chi connectivity index (χ3v) is 2.07. The minimum absolute atomic E-state index is 0.0687. The molecule has 0 saturated carbocycles. The summed E-state index contributed by atoms with van der Waals surface area (Å²) in [5, 5.41) is 9.41. The van der Waals surface area contributed by atoms with Crippen molar-refractivity contribution in [3.8, 4) is 0 Å². The number of hydrogen-bond donors (Lipinski definition) is 1. The fourth-order valence-electron chi connectivity index (χ4n) is 1.07. The highest BCUT2D eigenvalue weighted by Crippen LogP contribution is 2.04. The van der Waals surface area contributed by atoms with E-state index in [1.807, 2.05) is 6.92 Å². The van der Waals surface area contributed by atoms with Crippen molar-refractivity contribution < 1.29 is 24.2 Å². The summed E-state index contributed by atoms with van der Waals surface area (Å²) in [6.07, 6.45) is 1.20. The van der Waals surface area contributed by atoms with Crippen LogP contribution in [0, 0.1) is 0 Å². The van der Waals surface area contributed by atoms with Crippen molar-refractivity contribution in [1.82, 2.24) is 0 Å². The van der Waals surface area contributed by atoms with Gasteiger partial charge in [-0.25, -0.2) is 0 Å². The molecule has 0 amide bonds. The summed E-state index contributed by atoms with van der Waals surface area (Å²) in [6.45, 7) is 2.39. The van der Waals surface area contributed by atoms with Crippen molar-refractivity contribution in [2.24, 2.45) is 0 Å². The Balaban J connectivity index is 3.57. The molecule has 0 bridgehead atoms. The molecule has 0 aliphatic carbocycles. The summed E-state index contributed by atoms with van der Waals surface area (Å²) >= 11 is 0. The van der Waals surface area contributed by atoms with Gasteiger partial charge in [0.2, 0.25) is 0 Å². The van der Waals surface area contributed by atoms with Gasteiger partial charge in [-0.3, -0.25) is 9.59 Å². The highest BCUT2D eigenvalue weighted by atomic mass is 16.5. The lowest BCUT2D eigenvalue weighted by Crippen LogP contribution is -2.17. The molecule has 0 aromatic heterocycles. The largest absolute Gasteiger partial charge is 0.469 e. The van der Waals surface area contributed by atoms with Gasteiger partial charge in [0.05, 0.1) is 26.2 Å². The molecule has 1 N–H and O–H groups in total. The molecule has 0 aromatic rings. The molecule has 1 atom stereocenters. The smallest absolute Gasteiger partial charge is 0.308 e. The molecule has 0 rings (SSSR count). The quantitative estimate of drug-likeness (QED) is 0.500. The summed E-state index contributed by atoms with van der Waals surface area (Å²) in [7, 11) is 1.29. The van der Waals surface area contributed by atoms with Crippen molar-refractivity contribution in [2.75, 3.05) is 13.7 Å². The van der Waals surface area contributed by atoms with Gasteiger partial charge in [-0.05, 0) is 12.8 Å². The fraction of sp³-hybridized carbons (Fsp3) is 0.818. The number of rotatable bonds is 8. The maximum absolute atomic E-state index is 11.1.